The third kappa shape index (κ3) is 21900. The summed E-state index contributed by atoms with van der Waals surface area (Å²) in [5.41, 5.74) is 0. The maximum absolute atomic E-state index is 8.89. The molecule has 0 N–H and O–H groups in total. The zero-order valence-electron chi connectivity index (χ0n) is 15.1. The molecule has 0 heterocycles. The summed E-state index contributed by atoms with van der Waals surface area (Å²) in [4.78, 5) is 53.3. The molecule has 0 aliphatic carbocycles. The average Bonchev–Trinajstić information content (AvgIpc) is 2.08. The van der Waals surface area contributed by atoms with E-state index in [9.17, 15) is 0 Å². The van der Waals surface area contributed by atoms with E-state index in [4.69, 9.17) is 59.4 Å². The predicted molar refractivity (Wildman–Crippen MR) is 69.8 cm³/mol. The second-order valence-electron chi connectivity index (χ2n) is 2.95. The Bertz CT molecular complexity index is 267. The van der Waals surface area contributed by atoms with Crippen molar-refractivity contribution in [1.82, 2.24) is 0 Å². The Morgan fingerprint density at radius 1 is 0.385 bits per heavy atom. The van der Waals surface area contributed by atoms with Crippen LogP contribution in [0.25, 0.3) is 0 Å². The van der Waals surface area contributed by atoms with Crippen LogP contribution < -0.4 is 30.6 Å². The normalized spacial score (nSPS) is 5.77. The van der Waals surface area contributed by atoms with Crippen molar-refractivity contribution in [2.24, 2.45) is 0 Å². The van der Waals surface area contributed by atoms with Crippen LogP contribution in [-0.2, 0) is 55.0 Å². The van der Waals surface area contributed by atoms with Crippen LogP contribution in [-0.4, -0.2) is 84.7 Å². The van der Waals surface area contributed by atoms with Crippen LogP contribution in [0.4, 0.5) is 0 Å². The zero-order chi connectivity index (χ0) is 21.5. The second-order valence-corrected chi connectivity index (χ2v) is 2.95. The first-order valence-electron chi connectivity index (χ1n) is 5.45. The molecule has 144 valence electrons. The van der Waals surface area contributed by atoms with Crippen LogP contribution >= 0.6 is 0 Å². The van der Waals surface area contributed by atoms with Gasteiger partial charge in [0.2, 0.25) is 0 Å². The fourth-order valence-corrected chi connectivity index (χ4v) is 0. The minimum Gasteiger partial charge on any atom is -0.550 e. The van der Waals surface area contributed by atoms with Crippen molar-refractivity contribution in [2.45, 2.75) is 41.5 Å². The Hall–Kier alpha value is -0.725. The molecule has 0 fully saturated rings. The molecule has 0 rings (SSSR count). The van der Waals surface area contributed by atoms with Gasteiger partial charge >= 0.3 is 75.1 Å². The first kappa shape index (κ1) is 49.9. The Morgan fingerprint density at radius 3 is 0.385 bits per heavy atom. The van der Waals surface area contributed by atoms with Crippen LogP contribution in [0.5, 0.6) is 0 Å². The largest absolute Gasteiger partial charge is 4.00 e. The quantitative estimate of drug-likeness (QED) is 0.242. The van der Waals surface area contributed by atoms with E-state index in [1.807, 2.05) is 0 Å². The monoisotopic (exact) mass is 582 g/mol. The molecule has 0 aromatic heterocycles. The van der Waals surface area contributed by atoms with Crippen molar-refractivity contribution >= 4 is 84.7 Å². The number of carbonyl (C=O) groups excluding carboxylic acids is 6. The van der Waals surface area contributed by atoms with Gasteiger partial charge in [0.15, 0.2) is 0 Å². The molecule has 0 aromatic rings. The number of carboxylic acids is 6. The number of carboxylic acid groups (broad SMARTS) is 6. The topological polar surface area (TPSA) is 241 Å². The van der Waals surface area contributed by atoms with Gasteiger partial charge < -0.3 is 59.4 Å². The minimum absolute atomic E-state index is 0. The van der Waals surface area contributed by atoms with Gasteiger partial charge in [0.1, 0.15) is 0 Å². The predicted octanol–water partition coefficient (Wildman–Crippen LogP) is -7.85. The van der Waals surface area contributed by atoms with Gasteiger partial charge in [0.05, 0.1) is 0 Å². The number of rotatable bonds is 0. The molecule has 0 saturated carbocycles. The molecule has 0 unspecified atom stereocenters. The van der Waals surface area contributed by atoms with Crippen molar-refractivity contribution in [2.75, 3.05) is 0 Å². The Labute approximate surface area is 209 Å². The van der Waals surface area contributed by atoms with Crippen LogP contribution in [0.2, 0.25) is 0 Å². The molecule has 0 bridgehead atoms. The maximum Gasteiger partial charge on any atom is 4.00 e. The molecule has 14 heteroatoms. The fraction of sp³-hybridized carbons (Fsp3) is 0.500. The Balaban J connectivity index is -0.0000000245. The Kier molecular flexibility index (Phi) is 84.6. The number of carbonyl (C=O) groups is 6. The minimum atomic E-state index is -1.08. The maximum atomic E-state index is 8.89. The summed E-state index contributed by atoms with van der Waals surface area (Å²) in [6.07, 6.45) is 0. The molecule has 0 spiro atoms. The standard InChI is InChI=1S/6C2H4O2.Ba.Zr/c6*1-2(3)4;;/h6*1H3,(H,3,4);;/q;;;;;;+2;+4/p-6. The van der Waals surface area contributed by atoms with Crippen LogP contribution in [0.1, 0.15) is 41.5 Å². The third-order valence-corrected chi connectivity index (χ3v) is 0. The van der Waals surface area contributed by atoms with E-state index in [1.54, 1.807) is 0 Å². The van der Waals surface area contributed by atoms with E-state index in [1.165, 1.54) is 0 Å². The van der Waals surface area contributed by atoms with Crippen molar-refractivity contribution in [3.05, 3.63) is 0 Å². The van der Waals surface area contributed by atoms with Crippen LogP contribution in [0.3, 0.4) is 0 Å². The molecule has 0 radical (unpaired) electrons. The number of aliphatic carboxylic acids is 6. The summed E-state index contributed by atoms with van der Waals surface area (Å²) in [5, 5.41) is 53.3. The van der Waals surface area contributed by atoms with Gasteiger partial charge in [-0.3, -0.25) is 0 Å². The summed E-state index contributed by atoms with van der Waals surface area (Å²) in [7, 11) is 0. The van der Waals surface area contributed by atoms with Crippen LogP contribution in [0, 0.1) is 0 Å². The average molecular weight is 583 g/mol. The summed E-state index contributed by atoms with van der Waals surface area (Å²) in [5.74, 6) is -6.50. The van der Waals surface area contributed by atoms with Crippen molar-refractivity contribution in [3.8, 4) is 0 Å². The van der Waals surface area contributed by atoms with Gasteiger partial charge in [-0.25, -0.2) is 0 Å². The zero-order valence-corrected chi connectivity index (χ0v) is 22.0. The van der Waals surface area contributed by atoms with Crippen molar-refractivity contribution in [3.63, 3.8) is 0 Å². The van der Waals surface area contributed by atoms with E-state index >= 15 is 0 Å². The van der Waals surface area contributed by atoms with Gasteiger partial charge in [-0.2, -0.15) is 0 Å². The van der Waals surface area contributed by atoms with E-state index < -0.39 is 35.8 Å². The molecule has 0 atom stereocenters. The third-order valence-electron chi connectivity index (χ3n) is 0. The summed E-state index contributed by atoms with van der Waals surface area (Å²) < 4.78 is 0. The van der Waals surface area contributed by atoms with Crippen LogP contribution in [0.15, 0.2) is 0 Å². The van der Waals surface area contributed by atoms with Gasteiger partial charge in [-0.1, -0.05) is 0 Å². The molecule has 0 aliphatic rings. The summed E-state index contributed by atoms with van der Waals surface area (Å²) >= 11 is 0. The molecule has 0 amide bonds. The van der Waals surface area contributed by atoms with E-state index in [0.717, 1.165) is 41.5 Å². The van der Waals surface area contributed by atoms with Crippen molar-refractivity contribution < 1.29 is 85.6 Å². The molecule has 0 aromatic carbocycles. The fourth-order valence-electron chi connectivity index (χ4n) is 0. The SMILES string of the molecule is CC(=O)[O-].CC(=O)[O-].CC(=O)[O-].CC(=O)[O-].CC(=O)[O-].CC(=O)[O-].[Ba+2].[Zr+4]. The molecular formula is C12H18BaO12Zr. The first-order chi connectivity index (χ1) is 10.4. The molecule has 26 heavy (non-hydrogen) atoms. The summed E-state index contributed by atoms with van der Waals surface area (Å²) in [6.45, 7) is 5.83. The van der Waals surface area contributed by atoms with E-state index in [2.05, 4.69) is 0 Å². The molecular weight excluding hydrogens is 565 g/mol. The number of hydrogen-bond donors (Lipinski definition) is 0. The molecule has 0 saturated heterocycles. The van der Waals surface area contributed by atoms with E-state index in [-0.39, 0.29) is 75.1 Å². The van der Waals surface area contributed by atoms with Crippen molar-refractivity contribution in [1.29, 1.82) is 0 Å². The van der Waals surface area contributed by atoms with Gasteiger partial charge in [-0.05, 0) is 41.5 Å². The molecule has 12 nitrogen and oxygen atoms in total. The first-order valence-corrected chi connectivity index (χ1v) is 5.45. The van der Waals surface area contributed by atoms with Gasteiger partial charge in [0, 0.05) is 35.8 Å². The Morgan fingerprint density at radius 2 is 0.385 bits per heavy atom. The van der Waals surface area contributed by atoms with E-state index in [0.29, 0.717) is 0 Å². The van der Waals surface area contributed by atoms with Gasteiger partial charge in [-0.15, -0.1) is 0 Å². The van der Waals surface area contributed by atoms with Gasteiger partial charge in [0.25, 0.3) is 0 Å². The number of hydrogen-bond acceptors (Lipinski definition) is 12. The summed E-state index contributed by atoms with van der Waals surface area (Å²) in [6, 6.07) is 0. The second kappa shape index (κ2) is 44.1. The smallest absolute Gasteiger partial charge is 0.550 e. The molecule has 0 aliphatic heterocycles.